The third-order valence-corrected chi connectivity index (χ3v) is 1.71. The van der Waals surface area contributed by atoms with Gasteiger partial charge in [0.2, 0.25) is 0 Å². The normalized spacial score (nSPS) is 14.0. The summed E-state index contributed by atoms with van der Waals surface area (Å²) < 4.78 is 0. The van der Waals surface area contributed by atoms with Crippen LogP contribution in [-0.2, 0) is 0 Å². The summed E-state index contributed by atoms with van der Waals surface area (Å²) in [4.78, 5) is 0. The number of aliphatic hydroxyl groups excluding tert-OH is 1. The molecule has 1 nitrogen and oxygen atoms in total. The summed E-state index contributed by atoms with van der Waals surface area (Å²) in [5.74, 6) is 0. The first-order chi connectivity index (χ1) is 6.31. The smallest absolute Gasteiger partial charge is 0.0758 e. The molecule has 0 fully saturated rings. The van der Waals surface area contributed by atoms with Gasteiger partial charge in [-0.25, -0.2) is 0 Å². The highest BCUT2D eigenvalue weighted by molar-refractivity contribution is 5.05. The van der Waals surface area contributed by atoms with E-state index in [1.54, 1.807) is 12.2 Å². The molecule has 0 bridgehead atoms. The average Bonchev–Trinajstić information content (AvgIpc) is 2.11. The summed E-state index contributed by atoms with van der Waals surface area (Å²) in [5.41, 5.74) is 0. The van der Waals surface area contributed by atoms with Crippen LogP contribution in [0.25, 0.3) is 0 Å². The zero-order valence-corrected chi connectivity index (χ0v) is 8.45. The minimum absolute atomic E-state index is 0.381. The number of hydrogen-bond donors (Lipinski definition) is 1. The highest BCUT2D eigenvalue weighted by atomic mass is 16.3. The maximum absolute atomic E-state index is 9.26. The molecule has 0 saturated heterocycles. The molecule has 0 spiro atoms. The number of hydrogen-bond acceptors (Lipinski definition) is 1. The molecular formula is C12H20O. The number of unbranched alkanes of at least 4 members (excludes halogenated alkanes) is 2. The van der Waals surface area contributed by atoms with Gasteiger partial charge in [-0.05, 0) is 12.8 Å². The molecule has 1 atom stereocenters. The van der Waals surface area contributed by atoms with Crippen LogP contribution in [0.5, 0.6) is 0 Å². The quantitative estimate of drug-likeness (QED) is 0.362. The highest BCUT2D eigenvalue weighted by Gasteiger charge is 1.90. The Kier molecular flexibility index (Phi) is 8.68. The first kappa shape index (κ1) is 12.2. The van der Waals surface area contributed by atoms with Crippen LogP contribution in [0.2, 0.25) is 0 Å². The second kappa shape index (κ2) is 9.27. The van der Waals surface area contributed by atoms with Crippen molar-refractivity contribution >= 4 is 0 Å². The van der Waals surface area contributed by atoms with Gasteiger partial charge in [0.1, 0.15) is 0 Å². The number of allylic oxidation sites excluding steroid dienone is 3. The third kappa shape index (κ3) is 9.09. The van der Waals surface area contributed by atoms with Gasteiger partial charge >= 0.3 is 0 Å². The van der Waals surface area contributed by atoms with E-state index in [-0.39, 0.29) is 6.10 Å². The van der Waals surface area contributed by atoms with Crippen LogP contribution >= 0.6 is 0 Å². The van der Waals surface area contributed by atoms with Gasteiger partial charge in [-0.15, -0.1) is 6.58 Å². The van der Waals surface area contributed by atoms with Gasteiger partial charge in [-0.1, -0.05) is 50.1 Å². The van der Waals surface area contributed by atoms with Crippen molar-refractivity contribution in [3.63, 3.8) is 0 Å². The van der Waals surface area contributed by atoms with Crippen molar-refractivity contribution in [2.75, 3.05) is 0 Å². The van der Waals surface area contributed by atoms with Gasteiger partial charge in [-0.2, -0.15) is 0 Å². The maximum Gasteiger partial charge on any atom is 0.0758 e. The third-order valence-electron chi connectivity index (χ3n) is 1.71. The van der Waals surface area contributed by atoms with E-state index in [4.69, 9.17) is 0 Å². The molecule has 74 valence electrons. The average molecular weight is 180 g/mol. The number of aliphatic hydroxyl groups is 1. The van der Waals surface area contributed by atoms with Gasteiger partial charge in [0.25, 0.3) is 0 Å². The maximum atomic E-state index is 9.26. The van der Waals surface area contributed by atoms with Gasteiger partial charge in [0.15, 0.2) is 0 Å². The van der Waals surface area contributed by atoms with Crippen molar-refractivity contribution < 1.29 is 5.11 Å². The van der Waals surface area contributed by atoms with Crippen molar-refractivity contribution in [1.82, 2.24) is 0 Å². The zero-order chi connectivity index (χ0) is 9.94. The van der Waals surface area contributed by atoms with Crippen LogP contribution in [-0.4, -0.2) is 11.2 Å². The Morgan fingerprint density at radius 3 is 2.77 bits per heavy atom. The molecule has 0 aromatic carbocycles. The summed E-state index contributed by atoms with van der Waals surface area (Å²) in [6, 6.07) is 0. The van der Waals surface area contributed by atoms with Crippen molar-refractivity contribution in [3.8, 4) is 0 Å². The minimum atomic E-state index is -0.381. The van der Waals surface area contributed by atoms with Crippen LogP contribution in [0.1, 0.15) is 32.6 Å². The molecule has 0 rings (SSSR count). The molecule has 0 aromatic heterocycles. The Balaban J connectivity index is 3.48. The fourth-order valence-corrected chi connectivity index (χ4v) is 0.939. The van der Waals surface area contributed by atoms with Crippen LogP contribution in [0.15, 0.2) is 37.0 Å². The zero-order valence-electron chi connectivity index (χ0n) is 8.45. The molecule has 1 unspecified atom stereocenters. The second-order valence-electron chi connectivity index (χ2n) is 3.05. The largest absolute Gasteiger partial charge is 0.389 e. The van der Waals surface area contributed by atoms with E-state index in [0.717, 1.165) is 6.42 Å². The molecule has 0 aliphatic carbocycles. The molecular weight excluding hydrogens is 160 g/mol. The Morgan fingerprint density at radius 2 is 2.15 bits per heavy atom. The SMILES string of the molecule is C=CCC(O)/C=C/C=C/CCCC. The van der Waals surface area contributed by atoms with Gasteiger partial charge < -0.3 is 5.11 Å². The highest BCUT2D eigenvalue weighted by Crippen LogP contribution is 1.97. The molecule has 0 radical (unpaired) electrons. The van der Waals surface area contributed by atoms with E-state index >= 15 is 0 Å². The molecule has 1 N–H and O–H groups in total. The summed E-state index contributed by atoms with van der Waals surface area (Å²) in [6.07, 6.45) is 13.3. The van der Waals surface area contributed by atoms with Gasteiger partial charge in [0, 0.05) is 0 Å². The Labute approximate surface area is 81.5 Å². The Bertz CT molecular complexity index is 168. The fraction of sp³-hybridized carbons (Fsp3) is 0.500. The molecule has 13 heavy (non-hydrogen) atoms. The molecule has 1 heteroatoms. The summed E-state index contributed by atoms with van der Waals surface area (Å²) in [6.45, 7) is 5.74. The molecule has 0 amide bonds. The lowest BCUT2D eigenvalue weighted by Crippen LogP contribution is -1.98. The molecule has 0 saturated carbocycles. The van der Waals surface area contributed by atoms with Crippen molar-refractivity contribution in [3.05, 3.63) is 37.0 Å². The number of rotatable bonds is 7. The van der Waals surface area contributed by atoms with E-state index in [1.807, 2.05) is 12.2 Å². The lowest BCUT2D eigenvalue weighted by molar-refractivity contribution is 0.227. The Hall–Kier alpha value is -0.820. The lowest BCUT2D eigenvalue weighted by Gasteiger charge is -1.97. The van der Waals surface area contributed by atoms with Gasteiger partial charge in [-0.3, -0.25) is 0 Å². The van der Waals surface area contributed by atoms with E-state index in [2.05, 4.69) is 19.6 Å². The van der Waals surface area contributed by atoms with Crippen LogP contribution in [0.3, 0.4) is 0 Å². The topological polar surface area (TPSA) is 20.2 Å². The molecule has 0 aliphatic heterocycles. The van der Waals surface area contributed by atoms with Crippen LogP contribution in [0, 0.1) is 0 Å². The van der Waals surface area contributed by atoms with Gasteiger partial charge in [0.05, 0.1) is 6.10 Å². The minimum Gasteiger partial charge on any atom is -0.389 e. The first-order valence-corrected chi connectivity index (χ1v) is 4.93. The first-order valence-electron chi connectivity index (χ1n) is 4.93. The lowest BCUT2D eigenvalue weighted by atomic mass is 10.2. The predicted octanol–water partition coefficient (Wildman–Crippen LogP) is 3.23. The van der Waals surface area contributed by atoms with Crippen molar-refractivity contribution in [1.29, 1.82) is 0 Å². The van der Waals surface area contributed by atoms with E-state index < -0.39 is 0 Å². The molecule has 0 aliphatic rings. The molecule has 0 heterocycles. The second-order valence-corrected chi connectivity index (χ2v) is 3.05. The summed E-state index contributed by atoms with van der Waals surface area (Å²) in [7, 11) is 0. The monoisotopic (exact) mass is 180 g/mol. The van der Waals surface area contributed by atoms with Crippen molar-refractivity contribution in [2.45, 2.75) is 38.7 Å². The standard InChI is InChI=1S/C12H20O/c1-3-5-6-7-8-9-11-12(13)10-4-2/h4,7-9,11-13H,2-3,5-6,10H2,1H3/b8-7+,11-9+. The van der Waals surface area contributed by atoms with E-state index in [1.165, 1.54) is 12.8 Å². The summed E-state index contributed by atoms with van der Waals surface area (Å²) >= 11 is 0. The molecule has 0 aromatic rings. The predicted molar refractivity (Wildman–Crippen MR) is 58.6 cm³/mol. The Morgan fingerprint density at radius 1 is 1.38 bits per heavy atom. The van der Waals surface area contributed by atoms with Crippen molar-refractivity contribution in [2.24, 2.45) is 0 Å². The van der Waals surface area contributed by atoms with E-state index in [0.29, 0.717) is 6.42 Å². The fourth-order valence-electron chi connectivity index (χ4n) is 0.939. The summed E-state index contributed by atoms with van der Waals surface area (Å²) in [5, 5.41) is 9.26. The van der Waals surface area contributed by atoms with Crippen LogP contribution < -0.4 is 0 Å². The van der Waals surface area contributed by atoms with E-state index in [9.17, 15) is 5.11 Å². The van der Waals surface area contributed by atoms with Crippen LogP contribution in [0.4, 0.5) is 0 Å².